The Labute approximate surface area is 113 Å². The Morgan fingerprint density at radius 2 is 2.17 bits per heavy atom. The fourth-order valence-corrected chi connectivity index (χ4v) is 1.98. The third-order valence-corrected chi connectivity index (χ3v) is 3.30. The van der Waals surface area contributed by atoms with Gasteiger partial charge in [0.2, 0.25) is 5.91 Å². The number of aromatic carboxylic acids is 1. The number of carbonyl (C=O) groups is 2. The molecule has 0 spiro atoms. The molecule has 0 heterocycles. The van der Waals surface area contributed by atoms with E-state index in [0.29, 0.717) is 10.9 Å². The van der Waals surface area contributed by atoms with Crippen molar-refractivity contribution < 1.29 is 14.7 Å². The molecular formula is C12H15BrN2O3. The van der Waals surface area contributed by atoms with Crippen LogP contribution >= 0.6 is 15.9 Å². The van der Waals surface area contributed by atoms with Crippen molar-refractivity contribution in [3.63, 3.8) is 0 Å². The van der Waals surface area contributed by atoms with Crippen LogP contribution < -0.4 is 11.1 Å². The summed E-state index contributed by atoms with van der Waals surface area (Å²) in [6.45, 7) is 2.09. The SMILES string of the molecule is CCC(CN)C(=O)Nc1c(Br)cccc1C(=O)O. The lowest BCUT2D eigenvalue weighted by Crippen LogP contribution is -2.29. The predicted octanol–water partition coefficient (Wildman–Crippen LogP) is 2.07. The molecule has 0 aliphatic rings. The summed E-state index contributed by atoms with van der Waals surface area (Å²) in [6, 6.07) is 4.71. The van der Waals surface area contributed by atoms with Gasteiger partial charge in [-0.15, -0.1) is 0 Å². The van der Waals surface area contributed by atoms with Crippen molar-refractivity contribution in [3.8, 4) is 0 Å². The van der Waals surface area contributed by atoms with E-state index >= 15 is 0 Å². The number of para-hydroxylation sites is 1. The summed E-state index contributed by atoms with van der Waals surface area (Å²) in [4.78, 5) is 23.0. The first-order valence-corrected chi connectivity index (χ1v) is 6.33. The lowest BCUT2D eigenvalue weighted by atomic mass is 10.1. The van der Waals surface area contributed by atoms with Crippen molar-refractivity contribution in [1.82, 2.24) is 0 Å². The summed E-state index contributed by atoms with van der Waals surface area (Å²) in [5, 5.41) is 11.7. The molecule has 0 saturated heterocycles. The van der Waals surface area contributed by atoms with Gasteiger partial charge >= 0.3 is 5.97 Å². The van der Waals surface area contributed by atoms with E-state index in [9.17, 15) is 9.59 Å². The van der Waals surface area contributed by atoms with Crippen LogP contribution in [0.25, 0.3) is 0 Å². The minimum atomic E-state index is -1.09. The lowest BCUT2D eigenvalue weighted by Gasteiger charge is -2.15. The van der Waals surface area contributed by atoms with Crippen molar-refractivity contribution in [2.75, 3.05) is 11.9 Å². The molecule has 18 heavy (non-hydrogen) atoms. The monoisotopic (exact) mass is 314 g/mol. The highest BCUT2D eigenvalue weighted by Gasteiger charge is 2.19. The Hall–Kier alpha value is -1.40. The Kier molecular flexibility index (Phi) is 5.30. The van der Waals surface area contributed by atoms with Crippen LogP contribution in [0.3, 0.4) is 0 Å². The Balaban J connectivity index is 3.03. The van der Waals surface area contributed by atoms with E-state index in [1.807, 2.05) is 6.92 Å². The number of nitrogens with two attached hydrogens (primary N) is 1. The maximum atomic E-state index is 11.9. The zero-order chi connectivity index (χ0) is 13.7. The van der Waals surface area contributed by atoms with Gasteiger partial charge in [0.15, 0.2) is 0 Å². The summed E-state index contributed by atoms with van der Waals surface area (Å²) in [6.07, 6.45) is 0.606. The van der Waals surface area contributed by atoms with Crippen LogP contribution in [0.15, 0.2) is 22.7 Å². The van der Waals surface area contributed by atoms with Gasteiger partial charge in [0.05, 0.1) is 17.2 Å². The van der Waals surface area contributed by atoms with Gasteiger partial charge in [-0.1, -0.05) is 13.0 Å². The number of benzene rings is 1. The Morgan fingerprint density at radius 3 is 2.67 bits per heavy atom. The van der Waals surface area contributed by atoms with E-state index < -0.39 is 5.97 Å². The van der Waals surface area contributed by atoms with Crippen LogP contribution in [-0.2, 0) is 4.79 Å². The van der Waals surface area contributed by atoms with Crippen LogP contribution in [-0.4, -0.2) is 23.5 Å². The summed E-state index contributed by atoms with van der Waals surface area (Å²) in [7, 11) is 0. The van der Waals surface area contributed by atoms with Crippen LogP contribution in [0.4, 0.5) is 5.69 Å². The molecule has 6 heteroatoms. The van der Waals surface area contributed by atoms with Crippen molar-refractivity contribution in [2.45, 2.75) is 13.3 Å². The Morgan fingerprint density at radius 1 is 1.50 bits per heavy atom. The van der Waals surface area contributed by atoms with Crippen molar-refractivity contribution in [3.05, 3.63) is 28.2 Å². The third-order valence-electron chi connectivity index (χ3n) is 2.64. The molecule has 1 atom stereocenters. The number of rotatable bonds is 5. The van der Waals surface area contributed by atoms with Gasteiger partial charge in [0.25, 0.3) is 0 Å². The molecule has 0 fully saturated rings. The largest absolute Gasteiger partial charge is 0.478 e. The van der Waals surface area contributed by atoms with E-state index in [-0.39, 0.29) is 29.6 Å². The first kappa shape index (κ1) is 14.7. The summed E-state index contributed by atoms with van der Waals surface area (Å²) in [5.74, 6) is -1.68. The molecule has 0 aliphatic carbocycles. The predicted molar refractivity (Wildman–Crippen MR) is 72.6 cm³/mol. The zero-order valence-electron chi connectivity index (χ0n) is 9.94. The quantitative estimate of drug-likeness (QED) is 0.775. The molecule has 0 saturated carbocycles. The smallest absolute Gasteiger partial charge is 0.337 e. The standard InChI is InChI=1S/C12H15BrN2O3/c1-2-7(6-14)11(16)15-10-8(12(17)18)4-3-5-9(10)13/h3-5,7H,2,6,14H2,1H3,(H,15,16)(H,17,18). The van der Waals surface area contributed by atoms with Gasteiger partial charge in [-0.2, -0.15) is 0 Å². The molecule has 4 N–H and O–H groups in total. The number of amides is 1. The average Bonchev–Trinajstić information content (AvgIpc) is 2.33. The van der Waals surface area contributed by atoms with Crippen molar-refractivity contribution in [2.24, 2.45) is 11.7 Å². The molecule has 0 bridgehead atoms. The highest BCUT2D eigenvalue weighted by atomic mass is 79.9. The van der Waals surface area contributed by atoms with E-state index in [2.05, 4.69) is 21.2 Å². The highest BCUT2D eigenvalue weighted by molar-refractivity contribution is 9.10. The van der Waals surface area contributed by atoms with Gasteiger partial charge in [-0.3, -0.25) is 4.79 Å². The molecule has 1 aromatic carbocycles. The maximum Gasteiger partial charge on any atom is 0.337 e. The molecule has 1 rings (SSSR count). The van der Waals surface area contributed by atoms with E-state index in [0.717, 1.165) is 0 Å². The molecular weight excluding hydrogens is 300 g/mol. The zero-order valence-corrected chi connectivity index (χ0v) is 11.5. The number of anilines is 1. The van der Waals surface area contributed by atoms with Crippen LogP contribution in [0.2, 0.25) is 0 Å². The maximum absolute atomic E-state index is 11.9. The van der Waals surface area contributed by atoms with Gasteiger partial charge < -0.3 is 16.2 Å². The van der Waals surface area contributed by atoms with Crippen LogP contribution in [0, 0.1) is 5.92 Å². The van der Waals surface area contributed by atoms with Crippen LogP contribution in [0.5, 0.6) is 0 Å². The van der Waals surface area contributed by atoms with E-state index in [1.54, 1.807) is 12.1 Å². The van der Waals surface area contributed by atoms with E-state index in [1.165, 1.54) is 6.07 Å². The first-order valence-electron chi connectivity index (χ1n) is 5.54. The number of halogens is 1. The molecule has 1 aromatic rings. The number of carboxylic acid groups (broad SMARTS) is 1. The minimum Gasteiger partial charge on any atom is -0.478 e. The molecule has 5 nitrogen and oxygen atoms in total. The fourth-order valence-electron chi connectivity index (χ4n) is 1.51. The third kappa shape index (κ3) is 3.30. The molecule has 98 valence electrons. The molecule has 1 unspecified atom stereocenters. The first-order chi connectivity index (χ1) is 8.51. The van der Waals surface area contributed by atoms with Gasteiger partial charge in [0, 0.05) is 11.0 Å². The second-order valence-corrected chi connectivity index (χ2v) is 4.65. The van der Waals surface area contributed by atoms with Gasteiger partial charge in [0.1, 0.15) is 0 Å². The fraction of sp³-hybridized carbons (Fsp3) is 0.333. The molecule has 1 amide bonds. The number of carboxylic acids is 1. The second kappa shape index (κ2) is 6.51. The molecule has 0 aromatic heterocycles. The van der Waals surface area contributed by atoms with Crippen molar-refractivity contribution in [1.29, 1.82) is 0 Å². The number of nitrogens with one attached hydrogen (secondary N) is 1. The number of hydrogen-bond donors (Lipinski definition) is 3. The average molecular weight is 315 g/mol. The van der Waals surface area contributed by atoms with E-state index in [4.69, 9.17) is 10.8 Å². The second-order valence-electron chi connectivity index (χ2n) is 3.80. The van der Waals surface area contributed by atoms with Crippen molar-refractivity contribution >= 4 is 33.5 Å². The summed E-state index contributed by atoms with van der Waals surface area (Å²) >= 11 is 3.23. The normalized spacial score (nSPS) is 11.9. The lowest BCUT2D eigenvalue weighted by molar-refractivity contribution is -0.119. The number of carbonyl (C=O) groups excluding carboxylic acids is 1. The van der Waals surface area contributed by atoms with Gasteiger partial charge in [-0.25, -0.2) is 4.79 Å². The van der Waals surface area contributed by atoms with Crippen LogP contribution in [0.1, 0.15) is 23.7 Å². The Bertz CT molecular complexity index is 459. The topological polar surface area (TPSA) is 92.4 Å². The summed E-state index contributed by atoms with van der Waals surface area (Å²) < 4.78 is 0.530. The molecule has 0 aliphatic heterocycles. The highest BCUT2D eigenvalue weighted by Crippen LogP contribution is 2.27. The number of hydrogen-bond acceptors (Lipinski definition) is 3. The summed E-state index contributed by atoms with van der Waals surface area (Å²) in [5.41, 5.74) is 5.80. The molecule has 0 radical (unpaired) electrons. The van der Waals surface area contributed by atoms with Gasteiger partial charge in [-0.05, 0) is 34.5 Å². The minimum absolute atomic E-state index is 0.0459.